The van der Waals surface area contributed by atoms with Gasteiger partial charge in [0, 0.05) is 36.2 Å². The number of aliphatic imine (C=N–C) groups is 1. The Labute approximate surface area is 182 Å². The SMILES string of the molecule is Cc1ccc(S(=O)(=O)NC(CCNC2=CC(=O)c3ccccc3C2=O)=NC(C)C)cc1. The summed E-state index contributed by atoms with van der Waals surface area (Å²) < 4.78 is 28.0. The van der Waals surface area contributed by atoms with Crippen molar-refractivity contribution >= 4 is 27.4 Å². The van der Waals surface area contributed by atoms with Crippen LogP contribution in [0.4, 0.5) is 0 Å². The van der Waals surface area contributed by atoms with Gasteiger partial charge in [0.25, 0.3) is 10.0 Å². The molecule has 0 aliphatic heterocycles. The first-order chi connectivity index (χ1) is 14.7. The monoisotopic (exact) mass is 439 g/mol. The smallest absolute Gasteiger partial charge is 0.262 e. The highest BCUT2D eigenvalue weighted by Crippen LogP contribution is 2.19. The van der Waals surface area contributed by atoms with Crippen LogP contribution in [0.2, 0.25) is 0 Å². The van der Waals surface area contributed by atoms with Gasteiger partial charge in [-0.05, 0) is 32.9 Å². The standard InChI is InChI=1S/C23H25N3O4S/c1-15(2)25-22(26-31(29,30)17-10-8-16(3)9-11-17)12-13-24-20-14-21(27)18-6-4-5-7-19(18)23(20)28/h4-11,14-15,24H,12-13H2,1-3H3,(H,25,26). The molecule has 2 N–H and O–H groups in total. The van der Waals surface area contributed by atoms with Crippen LogP contribution in [0.3, 0.4) is 0 Å². The van der Waals surface area contributed by atoms with E-state index in [0.717, 1.165) is 5.56 Å². The normalized spacial score (nSPS) is 14.3. The number of Topliss-reactive ketones (excluding diaryl/α,β-unsaturated/α-hetero) is 1. The van der Waals surface area contributed by atoms with Crippen molar-refractivity contribution in [2.24, 2.45) is 4.99 Å². The molecule has 2 aromatic carbocycles. The van der Waals surface area contributed by atoms with Crippen molar-refractivity contribution in [2.45, 2.75) is 38.1 Å². The Hall–Kier alpha value is -3.26. The van der Waals surface area contributed by atoms with Gasteiger partial charge in [0.1, 0.15) is 5.84 Å². The van der Waals surface area contributed by atoms with Crippen molar-refractivity contribution in [1.29, 1.82) is 0 Å². The van der Waals surface area contributed by atoms with E-state index in [-0.39, 0.29) is 47.0 Å². The minimum Gasteiger partial charge on any atom is -0.381 e. The van der Waals surface area contributed by atoms with Gasteiger partial charge >= 0.3 is 0 Å². The maximum atomic E-state index is 12.7. The van der Waals surface area contributed by atoms with Crippen molar-refractivity contribution < 1.29 is 18.0 Å². The Balaban J connectivity index is 1.70. The molecule has 0 saturated carbocycles. The Kier molecular flexibility index (Phi) is 6.70. The van der Waals surface area contributed by atoms with E-state index in [9.17, 15) is 18.0 Å². The lowest BCUT2D eigenvalue weighted by Gasteiger charge is -2.17. The lowest BCUT2D eigenvalue weighted by atomic mass is 9.93. The average Bonchev–Trinajstić information content (AvgIpc) is 2.71. The second-order valence-corrected chi connectivity index (χ2v) is 9.24. The molecule has 0 saturated heterocycles. The Morgan fingerprint density at radius 2 is 1.65 bits per heavy atom. The van der Waals surface area contributed by atoms with E-state index in [1.54, 1.807) is 36.4 Å². The van der Waals surface area contributed by atoms with Gasteiger partial charge in [-0.25, -0.2) is 8.42 Å². The zero-order valence-electron chi connectivity index (χ0n) is 17.7. The quantitative estimate of drug-likeness (QED) is 0.510. The minimum absolute atomic E-state index is 0.125. The number of fused-ring (bicyclic) bond motifs is 1. The minimum atomic E-state index is -3.78. The molecule has 1 aliphatic rings. The number of ketones is 2. The van der Waals surface area contributed by atoms with Crippen LogP contribution in [-0.2, 0) is 10.0 Å². The summed E-state index contributed by atoms with van der Waals surface area (Å²) >= 11 is 0. The average molecular weight is 440 g/mol. The third-order valence-electron chi connectivity index (χ3n) is 4.63. The number of carbonyl (C=O) groups is 2. The summed E-state index contributed by atoms with van der Waals surface area (Å²) in [5.74, 6) is -0.231. The highest BCUT2D eigenvalue weighted by atomic mass is 32.2. The first-order valence-corrected chi connectivity index (χ1v) is 11.5. The molecule has 0 spiro atoms. The van der Waals surface area contributed by atoms with Gasteiger partial charge in [0.15, 0.2) is 5.78 Å². The molecular weight excluding hydrogens is 414 g/mol. The number of hydrogen-bond acceptors (Lipinski definition) is 6. The number of rotatable bonds is 7. The molecule has 0 amide bonds. The van der Waals surface area contributed by atoms with Crippen LogP contribution in [0.5, 0.6) is 0 Å². The summed E-state index contributed by atoms with van der Waals surface area (Å²) in [5.41, 5.74) is 1.88. The fourth-order valence-electron chi connectivity index (χ4n) is 3.15. The van der Waals surface area contributed by atoms with E-state index in [1.807, 2.05) is 20.8 Å². The van der Waals surface area contributed by atoms with Crippen molar-refractivity contribution in [3.05, 3.63) is 77.0 Å². The van der Waals surface area contributed by atoms with Crippen molar-refractivity contribution in [1.82, 2.24) is 10.0 Å². The van der Waals surface area contributed by atoms with Crippen LogP contribution in [0.25, 0.3) is 0 Å². The molecule has 2 aromatic rings. The van der Waals surface area contributed by atoms with Gasteiger partial charge in [-0.3, -0.25) is 19.3 Å². The number of nitrogens with one attached hydrogen (secondary N) is 2. The lowest BCUT2D eigenvalue weighted by Crippen LogP contribution is -2.35. The number of carbonyl (C=O) groups excluding carboxylic acids is 2. The molecule has 0 fully saturated rings. The van der Waals surface area contributed by atoms with Crippen LogP contribution < -0.4 is 10.0 Å². The molecule has 0 atom stereocenters. The van der Waals surface area contributed by atoms with Gasteiger partial charge in [0.2, 0.25) is 5.78 Å². The van der Waals surface area contributed by atoms with Crippen molar-refractivity contribution in [2.75, 3.05) is 6.54 Å². The third-order valence-corrected chi connectivity index (χ3v) is 6.03. The van der Waals surface area contributed by atoms with Crippen molar-refractivity contribution in [3.8, 4) is 0 Å². The molecule has 31 heavy (non-hydrogen) atoms. The predicted molar refractivity (Wildman–Crippen MR) is 120 cm³/mol. The highest BCUT2D eigenvalue weighted by Gasteiger charge is 2.25. The number of nitrogens with zero attached hydrogens (tertiary/aromatic N) is 1. The number of allylic oxidation sites excluding steroid dienone is 2. The van der Waals surface area contributed by atoms with Gasteiger partial charge < -0.3 is 5.32 Å². The summed E-state index contributed by atoms with van der Waals surface area (Å²) in [6.07, 6.45) is 1.50. The van der Waals surface area contributed by atoms with Crippen LogP contribution in [0.15, 0.2) is 70.2 Å². The van der Waals surface area contributed by atoms with Crippen LogP contribution >= 0.6 is 0 Å². The summed E-state index contributed by atoms with van der Waals surface area (Å²) in [5, 5.41) is 2.95. The second kappa shape index (κ2) is 9.26. The largest absolute Gasteiger partial charge is 0.381 e. The number of benzene rings is 2. The molecule has 3 rings (SSSR count). The summed E-state index contributed by atoms with van der Waals surface area (Å²) in [4.78, 5) is 29.4. The maximum Gasteiger partial charge on any atom is 0.262 e. The molecule has 162 valence electrons. The topological polar surface area (TPSA) is 105 Å². The van der Waals surface area contributed by atoms with E-state index in [4.69, 9.17) is 0 Å². The lowest BCUT2D eigenvalue weighted by molar-refractivity contribution is 0.0978. The van der Waals surface area contributed by atoms with Gasteiger partial charge in [-0.15, -0.1) is 0 Å². The fraction of sp³-hybridized carbons (Fsp3) is 0.261. The molecule has 0 heterocycles. The van der Waals surface area contributed by atoms with Gasteiger partial charge in [-0.2, -0.15) is 0 Å². The first-order valence-electron chi connectivity index (χ1n) is 9.97. The number of amidine groups is 1. The summed E-state index contributed by atoms with van der Waals surface area (Å²) in [6.45, 7) is 5.80. The molecule has 8 heteroatoms. The molecule has 1 aliphatic carbocycles. The molecule has 7 nitrogen and oxygen atoms in total. The Morgan fingerprint density at radius 1 is 1.00 bits per heavy atom. The van der Waals surface area contributed by atoms with E-state index in [2.05, 4.69) is 15.0 Å². The number of aryl methyl sites for hydroxylation is 1. The number of sulfonamides is 1. The van der Waals surface area contributed by atoms with Gasteiger partial charge in [-0.1, -0.05) is 42.0 Å². The maximum absolute atomic E-state index is 12.7. The Bertz CT molecular complexity index is 1160. The summed E-state index contributed by atoms with van der Waals surface area (Å²) in [7, 11) is -3.78. The van der Waals surface area contributed by atoms with E-state index in [0.29, 0.717) is 11.1 Å². The molecule has 0 bridgehead atoms. The van der Waals surface area contributed by atoms with Crippen LogP contribution in [0, 0.1) is 6.92 Å². The van der Waals surface area contributed by atoms with E-state index < -0.39 is 10.0 Å². The third kappa shape index (κ3) is 5.46. The second-order valence-electron chi connectivity index (χ2n) is 7.56. The summed E-state index contributed by atoms with van der Waals surface area (Å²) in [6, 6.07) is 13.1. The molecular formula is C23H25N3O4S. The van der Waals surface area contributed by atoms with E-state index >= 15 is 0 Å². The predicted octanol–water partition coefficient (Wildman–Crippen LogP) is 3.02. The molecule has 0 aromatic heterocycles. The fourth-order valence-corrected chi connectivity index (χ4v) is 4.22. The Morgan fingerprint density at radius 3 is 2.29 bits per heavy atom. The molecule has 0 radical (unpaired) electrons. The number of hydrogen-bond donors (Lipinski definition) is 2. The highest BCUT2D eigenvalue weighted by molar-refractivity contribution is 7.90. The zero-order valence-corrected chi connectivity index (χ0v) is 18.5. The van der Waals surface area contributed by atoms with Crippen LogP contribution in [-0.4, -0.2) is 38.4 Å². The first kappa shape index (κ1) is 22.4. The van der Waals surface area contributed by atoms with E-state index in [1.165, 1.54) is 18.2 Å². The molecule has 0 unspecified atom stereocenters. The van der Waals surface area contributed by atoms with Crippen molar-refractivity contribution in [3.63, 3.8) is 0 Å². The zero-order chi connectivity index (χ0) is 22.6. The van der Waals surface area contributed by atoms with Crippen LogP contribution in [0.1, 0.15) is 46.5 Å². The van der Waals surface area contributed by atoms with Gasteiger partial charge in [0.05, 0.1) is 10.6 Å².